The zero-order chi connectivity index (χ0) is 17.8. The first kappa shape index (κ1) is 17.2. The molecule has 0 aliphatic carbocycles. The van der Waals surface area contributed by atoms with E-state index in [1.165, 1.54) is 5.56 Å². The largest absolute Gasteiger partial charge is 0.376 e. The molecular formula is C19H23N3O3. The van der Waals surface area contributed by atoms with E-state index in [9.17, 15) is 9.59 Å². The standard InChI is InChI=1S/C19H23N3O3/c1-13-5-7-15(8-6-13)12-22-10-3-4-17(18(22)23)21-19(24)20-16-9-11-25-14(16)2/h3-8,10,14,16H,9,11-12H2,1-2H3,(H2,20,21,24)/t14-,16+/m1/s1. The number of amides is 2. The number of carbonyl (C=O) groups is 1. The Bertz CT molecular complexity index is 798. The summed E-state index contributed by atoms with van der Waals surface area (Å²) in [7, 11) is 0. The van der Waals surface area contributed by atoms with Gasteiger partial charge >= 0.3 is 6.03 Å². The molecule has 0 spiro atoms. The van der Waals surface area contributed by atoms with E-state index in [-0.39, 0.29) is 29.4 Å². The lowest BCUT2D eigenvalue weighted by Gasteiger charge is -2.16. The number of hydrogen-bond donors (Lipinski definition) is 2. The van der Waals surface area contributed by atoms with Gasteiger partial charge in [-0.2, -0.15) is 0 Å². The van der Waals surface area contributed by atoms with Gasteiger partial charge in [-0.05, 0) is 38.0 Å². The van der Waals surface area contributed by atoms with E-state index in [0.717, 1.165) is 12.0 Å². The van der Waals surface area contributed by atoms with Gasteiger partial charge in [-0.1, -0.05) is 29.8 Å². The molecule has 3 rings (SSSR count). The van der Waals surface area contributed by atoms with Crippen LogP contribution in [0.1, 0.15) is 24.5 Å². The first-order valence-corrected chi connectivity index (χ1v) is 8.47. The Hall–Kier alpha value is -2.60. The van der Waals surface area contributed by atoms with Gasteiger partial charge in [0.05, 0.1) is 18.7 Å². The fourth-order valence-corrected chi connectivity index (χ4v) is 2.89. The van der Waals surface area contributed by atoms with E-state index in [0.29, 0.717) is 13.2 Å². The third-order valence-corrected chi connectivity index (χ3v) is 4.43. The zero-order valence-corrected chi connectivity index (χ0v) is 14.5. The number of aromatic nitrogens is 1. The summed E-state index contributed by atoms with van der Waals surface area (Å²) in [5, 5.41) is 5.51. The second-order valence-electron chi connectivity index (χ2n) is 6.41. The monoisotopic (exact) mass is 341 g/mol. The smallest absolute Gasteiger partial charge is 0.319 e. The van der Waals surface area contributed by atoms with Crippen LogP contribution >= 0.6 is 0 Å². The van der Waals surface area contributed by atoms with Gasteiger partial charge in [-0.15, -0.1) is 0 Å². The molecule has 2 aromatic rings. The minimum absolute atomic E-state index is 0.0141. The molecule has 2 N–H and O–H groups in total. The Morgan fingerprint density at radius 3 is 2.72 bits per heavy atom. The van der Waals surface area contributed by atoms with Crippen molar-refractivity contribution in [2.24, 2.45) is 0 Å². The van der Waals surface area contributed by atoms with Gasteiger partial charge in [0.25, 0.3) is 5.56 Å². The van der Waals surface area contributed by atoms with Crippen LogP contribution in [0.4, 0.5) is 10.5 Å². The molecule has 6 heteroatoms. The number of nitrogens with one attached hydrogen (secondary N) is 2. The number of rotatable bonds is 4. The van der Waals surface area contributed by atoms with E-state index in [1.807, 2.05) is 38.1 Å². The quantitative estimate of drug-likeness (QED) is 0.897. The third-order valence-electron chi connectivity index (χ3n) is 4.43. The number of pyridine rings is 1. The molecule has 2 heterocycles. The fraction of sp³-hybridized carbons (Fsp3) is 0.368. The van der Waals surface area contributed by atoms with Crippen LogP contribution in [0.25, 0.3) is 0 Å². The average Bonchev–Trinajstić information content (AvgIpc) is 2.98. The lowest BCUT2D eigenvalue weighted by molar-refractivity contribution is 0.114. The number of benzene rings is 1. The summed E-state index contributed by atoms with van der Waals surface area (Å²) in [6.45, 7) is 5.05. The normalized spacial score (nSPS) is 19.6. The second kappa shape index (κ2) is 7.53. The molecule has 6 nitrogen and oxygen atoms in total. The summed E-state index contributed by atoms with van der Waals surface area (Å²) in [6, 6.07) is 11.0. The lowest BCUT2D eigenvalue weighted by atomic mass is 10.1. The van der Waals surface area contributed by atoms with Gasteiger partial charge in [0.2, 0.25) is 0 Å². The predicted molar refractivity (Wildman–Crippen MR) is 97.0 cm³/mol. The van der Waals surface area contributed by atoms with Gasteiger partial charge in [-0.3, -0.25) is 4.79 Å². The van der Waals surface area contributed by atoms with Crippen LogP contribution in [-0.2, 0) is 11.3 Å². The van der Waals surface area contributed by atoms with Gasteiger partial charge in [0.15, 0.2) is 0 Å². The van der Waals surface area contributed by atoms with Crippen molar-refractivity contribution in [1.29, 1.82) is 0 Å². The summed E-state index contributed by atoms with van der Waals surface area (Å²) < 4.78 is 7.01. The molecule has 1 aromatic carbocycles. The van der Waals surface area contributed by atoms with Gasteiger partial charge in [0.1, 0.15) is 5.69 Å². The molecule has 2 amide bonds. The van der Waals surface area contributed by atoms with Crippen LogP contribution in [0.5, 0.6) is 0 Å². The van der Waals surface area contributed by atoms with Crippen LogP contribution in [-0.4, -0.2) is 29.4 Å². The topological polar surface area (TPSA) is 72.4 Å². The molecular weight excluding hydrogens is 318 g/mol. The maximum atomic E-state index is 12.6. The molecule has 0 unspecified atom stereocenters. The molecule has 132 valence electrons. The number of carbonyl (C=O) groups excluding carboxylic acids is 1. The average molecular weight is 341 g/mol. The molecule has 1 aromatic heterocycles. The Morgan fingerprint density at radius 2 is 2.04 bits per heavy atom. The van der Waals surface area contributed by atoms with Crippen LogP contribution in [0, 0.1) is 6.92 Å². The Kier molecular flexibility index (Phi) is 5.19. The maximum absolute atomic E-state index is 12.6. The van der Waals surface area contributed by atoms with Crippen LogP contribution in [0.15, 0.2) is 47.4 Å². The number of aryl methyl sites for hydroxylation is 1. The molecule has 1 aliphatic heterocycles. The van der Waals surface area contributed by atoms with Gasteiger partial charge in [0, 0.05) is 12.8 Å². The highest BCUT2D eigenvalue weighted by atomic mass is 16.5. The molecule has 1 aliphatic rings. The van der Waals surface area contributed by atoms with E-state index in [1.54, 1.807) is 22.9 Å². The van der Waals surface area contributed by atoms with E-state index < -0.39 is 0 Å². The molecule has 2 atom stereocenters. The first-order valence-electron chi connectivity index (χ1n) is 8.47. The van der Waals surface area contributed by atoms with Gasteiger partial charge < -0.3 is 19.9 Å². The number of urea groups is 1. The summed E-state index contributed by atoms with van der Waals surface area (Å²) in [5.41, 5.74) is 2.24. The molecule has 1 fully saturated rings. The Labute approximate surface area is 146 Å². The highest BCUT2D eigenvalue weighted by molar-refractivity contribution is 5.89. The minimum Gasteiger partial charge on any atom is -0.376 e. The second-order valence-corrected chi connectivity index (χ2v) is 6.41. The number of nitrogens with zero attached hydrogens (tertiary/aromatic N) is 1. The summed E-state index contributed by atoms with van der Waals surface area (Å²) in [5.74, 6) is 0. The summed E-state index contributed by atoms with van der Waals surface area (Å²) in [4.78, 5) is 24.7. The first-order chi connectivity index (χ1) is 12.0. The van der Waals surface area contributed by atoms with Crippen molar-refractivity contribution in [2.45, 2.75) is 39.0 Å². The molecule has 25 heavy (non-hydrogen) atoms. The molecule has 1 saturated heterocycles. The number of hydrogen-bond acceptors (Lipinski definition) is 3. The van der Waals surface area contributed by atoms with E-state index >= 15 is 0 Å². The molecule has 0 saturated carbocycles. The third kappa shape index (κ3) is 4.28. The van der Waals surface area contributed by atoms with Crippen molar-refractivity contribution >= 4 is 11.7 Å². The van der Waals surface area contributed by atoms with Crippen molar-refractivity contribution in [2.75, 3.05) is 11.9 Å². The summed E-state index contributed by atoms with van der Waals surface area (Å²) in [6.07, 6.45) is 2.49. The van der Waals surface area contributed by atoms with Crippen molar-refractivity contribution in [3.63, 3.8) is 0 Å². The molecule has 0 radical (unpaired) electrons. The Morgan fingerprint density at radius 1 is 1.28 bits per heavy atom. The van der Waals surface area contributed by atoms with Gasteiger partial charge in [-0.25, -0.2) is 4.79 Å². The van der Waals surface area contributed by atoms with Crippen molar-refractivity contribution in [3.8, 4) is 0 Å². The zero-order valence-electron chi connectivity index (χ0n) is 14.5. The fourth-order valence-electron chi connectivity index (χ4n) is 2.89. The lowest BCUT2D eigenvalue weighted by Crippen LogP contribution is -2.42. The number of anilines is 1. The van der Waals surface area contributed by atoms with E-state index in [4.69, 9.17) is 4.74 Å². The van der Waals surface area contributed by atoms with Crippen LogP contribution in [0.3, 0.4) is 0 Å². The molecule has 0 bridgehead atoms. The van der Waals surface area contributed by atoms with Crippen molar-refractivity contribution in [3.05, 3.63) is 64.1 Å². The van der Waals surface area contributed by atoms with Crippen molar-refractivity contribution in [1.82, 2.24) is 9.88 Å². The van der Waals surface area contributed by atoms with Crippen LogP contribution in [0.2, 0.25) is 0 Å². The number of ether oxygens (including phenoxy) is 1. The highest BCUT2D eigenvalue weighted by Gasteiger charge is 2.25. The van der Waals surface area contributed by atoms with E-state index in [2.05, 4.69) is 10.6 Å². The predicted octanol–water partition coefficient (Wildman–Crippen LogP) is 2.50. The maximum Gasteiger partial charge on any atom is 0.319 e. The Balaban J connectivity index is 1.69. The van der Waals surface area contributed by atoms with Crippen LogP contribution < -0.4 is 16.2 Å². The highest BCUT2D eigenvalue weighted by Crippen LogP contribution is 2.12. The minimum atomic E-state index is -0.382. The van der Waals surface area contributed by atoms with Crippen molar-refractivity contribution < 1.29 is 9.53 Å². The summed E-state index contributed by atoms with van der Waals surface area (Å²) >= 11 is 0. The SMILES string of the molecule is Cc1ccc(Cn2cccc(NC(=O)N[C@H]3CCO[C@@H]3C)c2=O)cc1.